The Bertz CT molecular complexity index is 561. The summed E-state index contributed by atoms with van der Waals surface area (Å²) in [6, 6.07) is 3.80. The highest BCUT2D eigenvalue weighted by molar-refractivity contribution is 7.89. The molecule has 0 saturated carbocycles. The predicted molar refractivity (Wildman–Crippen MR) is 79.9 cm³/mol. The number of halogens is 1. The lowest BCUT2D eigenvalue weighted by Crippen LogP contribution is -2.31. The van der Waals surface area contributed by atoms with Crippen LogP contribution in [-0.2, 0) is 16.6 Å². The molecule has 1 aromatic rings. The summed E-state index contributed by atoms with van der Waals surface area (Å²) in [4.78, 5) is 2.08. The number of sulfonamides is 1. The van der Waals surface area contributed by atoms with Crippen LogP contribution < -0.4 is 4.72 Å². The monoisotopic (exact) mass is 318 g/mol. The van der Waals surface area contributed by atoms with Crippen molar-refractivity contribution < 1.29 is 17.9 Å². The fraction of sp³-hybridized carbons (Fsp3) is 0.571. The van der Waals surface area contributed by atoms with E-state index in [-0.39, 0.29) is 10.5 Å². The van der Waals surface area contributed by atoms with E-state index in [0.717, 1.165) is 18.7 Å². The van der Waals surface area contributed by atoms with Crippen LogP contribution >= 0.6 is 0 Å². The summed E-state index contributed by atoms with van der Waals surface area (Å²) in [5.41, 5.74) is -0.0302. The molecule has 0 unspecified atom stereocenters. The zero-order chi connectivity index (χ0) is 16.0. The molecule has 0 atom stereocenters. The maximum Gasteiger partial charge on any atom is 0.240 e. The molecule has 0 aromatic heterocycles. The predicted octanol–water partition coefficient (Wildman–Crippen LogP) is 1.33. The Kier molecular flexibility index (Phi) is 6.73. The van der Waals surface area contributed by atoms with Crippen molar-refractivity contribution in [3.63, 3.8) is 0 Å². The van der Waals surface area contributed by atoms with Gasteiger partial charge in [-0.3, -0.25) is 0 Å². The average Bonchev–Trinajstić information content (AvgIpc) is 2.43. The SMILES string of the molecule is CC(C)N(C)CCCNS(=O)(=O)c1ccc(F)c(CO)c1. The lowest BCUT2D eigenvalue weighted by atomic mass is 10.2. The smallest absolute Gasteiger partial charge is 0.240 e. The third-order valence-electron chi connectivity index (χ3n) is 3.36. The summed E-state index contributed by atoms with van der Waals surface area (Å²) in [7, 11) is -1.70. The van der Waals surface area contributed by atoms with Crippen molar-refractivity contribution in [1.29, 1.82) is 0 Å². The van der Waals surface area contributed by atoms with Crippen molar-refractivity contribution in [3.05, 3.63) is 29.6 Å². The molecular weight excluding hydrogens is 295 g/mol. The minimum absolute atomic E-state index is 0.0302. The van der Waals surface area contributed by atoms with Gasteiger partial charge in [-0.05, 0) is 52.1 Å². The minimum Gasteiger partial charge on any atom is -0.392 e. The van der Waals surface area contributed by atoms with Gasteiger partial charge in [0.2, 0.25) is 10.0 Å². The molecule has 0 saturated heterocycles. The van der Waals surface area contributed by atoms with Gasteiger partial charge in [-0.2, -0.15) is 0 Å². The number of hydrogen-bond acceptors (Lipinski definition) is 4. The summed E-state index contributed by atoms with van der Waals surface area (Å²) in [6.07, 6.45) is 0.683. The van der Waals surface area contributed by atoms with Crippen LogP contribution in [0.3, 0.4) is 0 Å². The first-order chi connectivity index (χ1) is 9.77. The Morgan fingerprint density at radius 3 is 2.62 bits per heavy atom. The molecular formula is C14H23FN2O3S. The number of nitrogens with one attached hydrogen (secondary N) is 1. The second kappa shape index (κ2) is 7.84. The first-order valence-electron chi connectivity index (χ1n) is 6.87. The summed E-state index contributed by atoms with van der Waals surface area (Å²) >= 11 is 0. The molecule has 0 amide bonds. The molecule has 0 bridgehead atoms. The van der Waals surface area contributed by atoms with Gasteiger partial charge in [-0.15, -0.1) is 0 Å². The van der Waals surface area contributed by atoms with E-state index >= 15 is 0 Å². The standard InChI is InChI=1S/C14H23FN2O3S/c1-11(2)17(3)8-4-7-16-21(19,20)13-5-6-14(15)12(9-13)10-18/h5-6,9,11,16,18H,4,7-8,10H2,1-3H3. The van der Waals surface area contributed by atoms with Crippen LogP contribution in [0.4, 0.5) is 4.39 Å². The van der Waals surface area contributed by atoms with Crippen molar-refractivity contribution in [2.45, 2.75) is 37.8 Å². The van der Waals surface area contributed by atoms with Gasteiger partial charge >= 0.3 is 0 Å². The van der Waals surface area contributed by atoms with E-state index in [1.807, 2.05) is 7.05 Å². The Morgan fingerprint density at radius 1 is 1.38 bits per heavy atom. The Labute approximate surface area is 125 Å². The maximum absolute atomic E-state index is 13.2. The summed E-state index contributed by atoms with van der Waals surface area (Å²) in [5.74, 6) is -0.616. The second-order valence-corrected chi connectivity index (χ2v) is 7.00. The molecule has 7 heteroatoms. The van der Waals surface area contributed by atoms with E-state index < -0.39 is 22.4 Å². The molecule has 0 aliphatic carbocycles. The van der Waals surface area contributed by atoms with Crippen LogP contribution in [0.25, 0.3) is 0 Å². The van der Waals surface area contributed by atoms with Gasteiger partial charge in [0.25, 0.3) is 0 Å². The Hall–Kier alpha value is -1.02. The number of aliphatic hydroxyl groups is 1. The van der Waals surface area contributed by atoms with Crippen LogP contribution in [-0.4, -0.2) is 44.6 Å². The normalized spacial score (nSPS) is 12.3. The topological polar surface area (TPSA) is 69.6 Å². The molecule has 0 spiro atoms. The Morgan fingerprint density at radius 2 is 2.05 bits per heavy atom. The first kappa shape index (κ1) is 18.0. The number of benzene rings is 1. The maximum atomic E-state index is 13.2. The van der Waals surface area contributed by atoms with Gasteiger partial charge in [0, 0.05) is 18.2 Å². The van der Waals surface area contributed by atoms with Gasteiger partial charge in [0.15, 0.2) is 0 Å². The first-order valence-corrected chi connectivity index (χ1v) is 8.35. The fourth-order valence-electron chi connectivity index (χ4n) is 1.72. The molecule has 0 fully saturated rings. The zero-order valence-corrected chi connectivity index (χ0v) is 13.5. The molecule has 1 aromatic carbocycles. The van der Waals surface area contributed by atoms with Crippen LogP contribution in [0.15, 0.2) is 23.1 Å². The van der Waals surface area contributed by atoms with Crippen LogP contribution in [0.1, 0.15) is 25.8 Å². The van der Waals surface area contributed by atoms with Gasteiger partial charge in [-0.1, -0.05) is 0 Å². The van der Waals surface area contributed by atoms with Gasteiger partial charge < -0.3 is 10.0 Å². The van der Waals surface area contributed by atoms with E-state index in [9.17, 15) is 12.8 Å². The van der Waals surface area contributed by atoms with Crippen LogP contribution in [0, 0.1) is 5.82 Å². The summed E-state index contributed by atoms with van der Waals surface area (Å²) in [6.45, 7) is 4.70. The lowest BCUT2D eigenvalue weighted by Gasteiger charge is -2.20. The fourth-order valence-corrected chi connectivity index (χ4v) is 2.84. The lowest BCUT2D eigenvalue weighted by molar-refractivity contribution is 0.271. The molecule has 0 radical (unpaired) electrons. The number of hydrogen-bond donors (Lipinski definition) is 2. The largest absolute Gasteiger partial charge is 0.392 e. The van der Waals surface area contributed by atoms with Crippen molar-refractivity contribution in [2.75, 3.05) is 20.1 Å². The Balaban J connectivity index is 2.62. The van der Waals surface area contributed by atoms with Gasteiger partial charge in [-0.25, -0.2) is 17.5 Å². The van der Waals surface area contributed by atoms with Crippen molar-refractivity contribution >= 4 is 10.0 Å². The quantitative estimate of drug-likeness (QED) is 0.710. The van der Waals surface area contributed by atoms with Crippen LogP contribution in [0.5, 0.6) is 0 Å². The second-order valence-electron chi connectivity index (χ2n) is 5.24. The zero-order valence-electron chi connectivity index (χ0n) is 12.6. The third-order valence-corrected chi connectivity index (χ3v) is 4.82. The van der Waals surface area contributed by atoms with Crippen LogP contribution in [0.2, 0.25) is 0 Å². The molecule has 0 aliphatic rings. The van der Waals surface area contributed by atoms with Crippen molar-refractivity contribution in [3.8, 4) is 0 Å². The van der Waals surface area contributed by atoms with E-state index in [2.05, 4.69) is 23.5 Å². The van der Waals surface area contributed by atoms with Crippen molar-refractivity contribution in [2.24, 2.45) is 0 Å². The van der Waals surface area contributed by atoms with Gasteiger partial charge in [0.05, 0.1) is 11.5 Å². The summed E-state index contributed by atoms with van der Waals surface area (Å²) < 4.78 is 39.9. The van der Waals surface area contributed by atoms with Crippen molar-refractivity contribution in [1.82, 2.24) is 9.62 Å². The highest BCUT2D eigenvalue weighted by Crippen LogP contribution is 2.15. The molecule has 0 aliphatic heterocycles. The van der Waals surface area contributed by atoms with E-state index in [4.69, 9.17) is 5.11 Å². The molecule has 120 valence electrons. The number of aliphatic hydroxyl groups excluding tert-OH is 1. The number of nitrogens with zero attached hydrogens (tertiary/aromatic N) is 1. The molecule has 5 nitrogen and oxygen atoms in total. The van der Waals surface area contributed by atoms with E-state index in [0.29, 0.717) is 19.0 Å². The van der Waals surface area contributed by atoms with E-state index in [1.54, 1.807) is 0 Å². The highest BCUT2D eigenvalue weighted by Gasteiger charge is 2.15. The third kappa shape index (κ3) is 5.35. The molecule has 1 rings (SSSR count). The van der Waals surface area contributed by atoms with E-state index in [1.165, 1.54) is 6.07 Å². The highest BCUT2D eigenvalue weighted by atomic mass is 32.2. The molecule has 21 heavy (non-hydrogen) atoms. The molecule has 0 heterocycles. The molecule has 2 N–H and O–H groups in total. The summed E-state index contributed by atoms with van der Waals surface area (Å²) in [5, 5.41) is 8.98. The average molecular weight is 318 g/mol. The number of rotatable bonds is 8. The van der Waals surface area contributed by atoms with Gasteiger partial charge in [0.1, 0.15) is 5.82 Å². The minimum atomic E-state index is -3.67.